The maximum Gasteiger partial charge on any atom is 0.158 e. The molecule has 3 aromatic rings. The van der Waals surface area contributed by atoms with Crippen LogP contribution in [0.2, 0.25) is 0 Å². The Bertz CT molecular complexity index is 1090. The maximum atomic E-state index is 9.29. The molecule has 0 bridgehead atoms. The van der Waals surface area contributed by atoms with Gasteiger partial charge in [0.05, 0.1) is 30.5 Å². The van der Waals surface area contributed by atoms with Crippen LogP contribution in [0.25, 0.3) is 10.8 Å². The molecule has 8 nitrogen and oxygen atoms in total. The number of morpholine rings is 1. The Morgan fingerprint density at radius 3 is 2.76 bits per heavy atom. The summed E-state index contributed by atoms with van der Waals surface area (Å²) in [4.78, 5) is 6.81. The Labute approximate surface area is 169 Å². The van der Waals surface area contributed by atoms with Crippen molar-refractivity contribution < 1.29 is 4.74 Å². The Morgan fingerprint density at radius 1 is 1.21 bits per heavy atom. The van der Waals surface area contributed by atoms with Crippen molar-refractivity contribution in [2.24, 2.45) is 5.73 Å². The number of pyridine rings is 1. The van der Waals surface area contributed by atoms with Crippen molar-refractivity contribution in [3.05, 3.63) is 52.8 Å². The molecular formula is C21H23N7O. The van der Waals surface area contributed by atoms with Gasteiger partial charge in [-0.3, -0.25) is 0 Å². The van der Waals surface area contributed by atoms with E-state index in [9.17, 15) is 5.26 Å². The van der Waals surface area contributed by atoms with Gasteiger partial charge >= 0.3 is 0 Å². The SMILES string of the molecule is Cc1c(C#N)cccc1[C@@H](N)Nc1nnc(C)c2cnc(N3CCOCC3)cc12. The van der Waals surface area contributed by atoms with Crippen LogP contribution < -0.4 is 16.0 Å². The molecule has 1 aliphatic rings. The lowest BCUT2D eigenvalue weighted by atomic mass is 10.0. The van der Waals surface area contributed by atoms with Crippen LogP contribution in [0.3, 0.4) is 0 Å². The third kappa shape index (κ3) is 3.70. The molecule has 0 aliphatic carbocycles. The quantitative estimate of drug-likeness (QED) is 0.654. The van der Waals surface area contributed by atoms with Gasteiger partial charge in [-0.1, -0.05) is 12.1 Å². The first-order valence-corrected chi connectivity index (χ1v) is 9.56. The van der Waals surface area contributed by atoms with Crippen molar-refractivity contribution in [3.8, 4) is 6.07 Å². The second-order valence-electron chi connectivity index (χ2n) is 7.08. The summed E-state index contributed by atoms with van der Waals surface area (Å²) in [7, 11) is 0. The van der Waals surface area contributed by atoms with E-state index < -0.39 is 6.17 Å². The average Bonchev–Trinajstić information content (AvgIpc) is 2.76. The predicted octanol–water partition coefficient (Wildman–Crippen LogP) is 2.42. The van der Waals surface area contributed by atoms with Crippen LogP contribution in [0, 0.1) is 25.2 Å². The zero-order chi connectivity index (χ0) is 20.4. The van der Waals surface area contributed by atoms with Gasteiger partial charge in [0.25, 0.3) is 0 Å². The number of ether oxygens (including phenoxy) is 1. The molecule has 0 spiro atoms. The zero-order valence-electron chi connectivity index (χ0n) is 16.5. The number of nitrogens with two attached hydrogens (primary N) is 1. The Morgan fingerprint density at radius 2 is 2.00 bits per heavy atom. The first-order chi connectivity index (χ1) is 14.1. The summed E-state index contributed by atoms with van der Waals surface area (Å²) in [6, 6.07) is 9.76. The van der Waals surface area contributed by atoms with Gasteiger partial charge < -0.3 is 20.7 Å². The molecule has 1 aliphatic heterocycles. The monoisotopic (exact) mass is 389 g/mol. The van der Waals surface area contributed by atoms with Crippen molar-refractivity contribution in [2.75, 3.05) is 36.5 Å². The van der Waals surface area contributed by atoms with E-state index in [1.165, 1.54) is 0 Å². The van der Waals surface area contributed by atoms with Gasteiger partial charge in [-0.15, -0.1) is 5.10 Å². The lowest BCUT2D eigenvalue weighted by Gasteiger charge is -2.28. The lowest BCUT2D eigenvalue weighted by molar-refractivity contribution is 0.122. The van der Waals surface area contributed by atoms with Crippen LogP contribution in [0.4, 0.5) is 11.6 Å². The fourth-order valence-corrected chi connectivity index (χ4v) is 3.57. The molecule has 3 heterocycles. The molecule has 1 aromatic carbocycles. The summed E-state index contributed by atoms with van der Waals surface area (Å²) in [6.45, 7) is 6.80. The van der Waals surface area contributed by atoms with Crippen LogP contribution in [-0.4, -0.2) is 41.5 Å². The number of anilines is 2. The number of nitrogens with zero attached hydrogens (tertiary/aromatic N) is 5. The van der Waals surface area contributed by atoms with E-state index in [2.05, 4.69) is 31.5 Å². The van der Waals surface area contributed by atoms with Gasteiger partial charge in [-0.05, 0) is 37.1 Å². The lowest BCUT2D eigenvalue weighted by Crippen LogP contribution is -2.36. The maximum absolute atomic E-state index is 9.29. The fraction of sp³-hybridized carbons (Fsp3) is 0.333. The topological polar surface area (TPSA) is 113 Å². The number of aryl methyl sites for hydroxylation is 1. The van der Waals surface area contributed by atoms with E-state index in [1.54, 1.807) is 6.07 Å². The van der Waals surface area contributed by atoms with Crippen molar-refractivity contribution in [1.29, 1.82) is 5.26 Å². The predicted molar refractivity (Wildman–Crippen MR) is 112 cm³/mol. The van der Waals surface area contributed by atoms with Crippen molar-refractivity contribution in [3.63, 3.8) is 0 Å². The molecule has 1 saturated heterocycles. The first kappa shape index (κ1) is 19.1. The minimum Gasteiger partial charge on any atom is -0.378 e. The average molecular weight is 389 g/mol. The third-order valence-electron chi connectivity index (χ3n) is 5.29. The molecule has 2 aromatic heterocycles. The fourth-order valence-electron chi connectivity index (χ4n) is 3.57. The molecule has 1 fully saturated rings. The molecule has 1 atom stereocenters. The molecule has 0 unspecified atom stereocenters. The zero-order valence-corrected chi connectivity index (χ0v) is 16.5. The molecule has 8 heteroatoms. The van der Waals surface area contributed by atoms with E-state index in [1.807, 2.05) is 38.2 Å². The summed E-state index contributed by atoms with van der Waals surface area (Å²) in [5.41, 5.74) is 9.55. The van der Waals surface area contributed by atoms with Gasteiger partial charge in [0.2, 0.25) is 0 Å². The number of fused-ring (bicyclic) bond motifs is 1. The highest BCUT2D eigenvalue weighted by Gasteiger charge is 2.17. The number of hydrogen-bond donors (Lipinski definition) is 2. The highest BCUT2D eigenvalue weighted by molar-refractivity contribution is 5.94. The molecule has 0 amide bonds. The van der Waals surface area contributed by atoms with Crippen molar-refractivity contribution in [2.45, 2.75) is 20.0 Å². The van der Waals surface area contributed by atoms with Crippen molar-refractivity contribution >= 4 is 22.4 Å². The van der Waals surface area contributed by atoms with E-state index in [-0.39, 0.29) is 0 Å². The molecule has 148 valence electrons. The van der Waals surface area contributed by atoms with E-state index >= 15 is 0 Å². The molecular weight excluding hydrogens is 366 g/mol. The summed E-state index contributed by atoms with van der Waals surface area (Å²) < 4.78 is 5.44. The third-order valence-corrected chi connectivity index (χ3v) is 5.29. The highest BCUT2D eigenvalue weighted by Crippen LogP contribution is 2.29. The number of aromatic nitrogens is 3. The summed E-state index contributed by atoms with van der Waals surface area (Å²) in [5.74, 6) is 1.48. The van der Waals surface area contributed by atoms with Crippen LogP contribution >= 0.6 is 0 Å². The number of nitriles is 1. The minimum atomic E-state index is -0.525. The van der Waals surface area contributed by atoms with Crippen molar-refractivity contribution in [1.82, 2.24) is 15.2 Å². The smallest absolute Gasteiger partial charge is 0.158 e. The van der Waals surface area contributed by atoms with Crippen LogP contribution in [0.1, 0.15) is 28.6 Å². The number of nitrogens with one attached hydrogen (secondary N) is 1. The van der Waals surface area contributed by atoms with E-state index in [0.29, 0.717) is 24.6 Å². The largest absolute Gasteiger partial charge is 0.378 e. The summed E-state index contributed by atoms with van der Waals surface area (Å²) in [6.07, 6.45) is 1.31. The Kier molecular flexibility index (Phi) is 5.25. The Hall–Kier alpha value is -3.28. The van der Waals surface area contributed by atoms with E-state index in [0.717, 1.165) is 46.5 Å². The number of benzene rings is 1. The number of rotatable bonds is 4. The van der Waals surface area contributed by atoms with Crippen LogP contribution in [0.15, 0.2) is 30.5 Å². The molecule has 0 saturated carbocycles. The van der Waals surface area contributed by atoms with Crippen LogP contribution in [0.5, 0.6) is 0 Å². The van der Waals surface area contributed by atoms with Gasteiger partial charge in [-0.2, -0.15) is 10.4 Å². The van der Waals surface area contributed by atoms with Gasteiger partial charge in [-0.25, -0.2) is 4.98 Å². The number of hydrogen-bond acceptors (Lipinski definition) is 8. The van der Waals surface area contributed by atoms with E-state index in [4.69, 9.17) is 10.5 Å². The molecule has 0 radical (unpaired) electrons. The van der Waals surface area contributed by atoms with Gasteiger partial charge in [0.15, 0.2) is 5.82 Å². The highest BCUT2D eigenvalue weighted by atomic mass is 16.5. The van der Waals surface area contributed by atoms with Gasteiger partial charge in [0, 0.05) is 30.1 Å². The normalized spacial score (nSPS) is 15.2. The molecule has 3 N–H and O–H groups in total. The molecule has 4 rings (SSSR count). The second-order valence-corrected chi connectivity index (χ2v) is 7.08. The first-order valence-electron chi connectivity index (χ1n) is 9.56. The standard InChI is InChI=1S/C21H23N7O/c1-13-15(11-22)4-3-5-16(13)20(23)25-21-17-10-19(28-6-8-29-9-7-28)24-12-18(17)14(2)26-27-21/h3-5,10,12,20H,6-9,23H2,1-2H3,(H,25,27)/t20-/m0/s1. The Balaban J connectivity index is 1.71. The summed E-state index contributed by atoms with van der Waals surface area (Å²) >= 11 is 0. The van der Waals surface area contributed by atoms with Gasteiger partial charge in [0.1, 0.15) is 12.0 Å². The van der Waals surface area contributed by atoms with Crippen LogP contribution in [-0.2, 0) is 4.74 Å². The molecule has 29 heavy (non-hydrogen) atoms. The minimum absolute atomic E-state index is 0.525. The second kappa shape index (κ2) is 7.99. The summed E-state index contributed by atoms with van der Waals surface area (Å²) in [5, 5.41) is 23.0.